The van der Waals surface area contributed by atoms with Crippen LogP contribution in [0.15, 0.2) is 25.3 Å². The van der Waals surface area contributed by atoms with E-state index >= 15 is 0 Å². The summed E-state index contributed by atoms with van der Waals surface area (Å²) in [5, 5.41) is 0. The third-order valence-electron chi connectivity index (χ3n) is 5.76. The number of hydrogen-bond donors (Lipinski definition) is 0. The Labute approximate surface area is 154 Å². The van der Waals surface area contributed by atoms with E-state index in [1.807, 2.05) is 0 Å². The van der Waals surface area contributed by atoms with E-state index in [4.69, 9.17) is 18.9 Å². The first-order valence-electron chi connectivity index (χ1n) is 9.34. The van der Waals surface area contributed by atoms with Crippen molar-refractivity contribution in [2.24, 2.45) is 11.8 Å². The first-order chi connectivity index (χ1) is 12.5. The lowest BCUT2D eigenvalue weighted by molar-refractivity contribution is -0.241. The fourth-order valence-electron chi connectivity index (χ4n) is 5.35. The molecule has 4 rings (SSSR count). The molecule has 0 unspecified atom stereocenters. The van der Waals surface area contributed by atoms with Crippen LogP contribution in [0.1, 0.15) is 38.5 Å². The van der Waals surface area contributed by atoms with Crippen molar-refractivity contribution in [1.29, 1.82) is 0 Å². The molecule has 0 amide bonds. The Morgan fingerprint density at radius 3 is 1.62 bits per heavy atom. The molecule has 6 nitrogen and oxygen atoms in total. The lowest BCUT2D eigenvalue weighted by atomic mass is 9.52. The zero-order valence-corrected chi connectivity index (χ0v) is 15.2. The smallest absolute Gasteiger partial charge is 0.330 e. The second-order valence-corrected chi connectivity index (χ2v) is 7.77. The average Bonchev–Trinajstić information content (AvgIpc) is 2.60. The van der Waals surface area contributed by atoms with Crippen molar-refractivity contribution in [2.75, 3.05) is 26.4 Å². The number of hydrogen-bond acceptors (Lipinski definition) is 6. The Balaban J connectivity index is 1.52. The van der Waals surface area contributed by atoms with Crippen LogP contribution in [0.4, 0.5) is 0 Å². The van der Waals surface area contributed by atoms with E-state index in [9.17, 15) is 9.59 Å². The zero-order valence-electron chi connectivity index (χ0n) is 15.2. The molecule has 4 aliphatic rings. The topological polar surface area (TPSA) is 71.1 Å². The standard InChI is InChI=1S/C20H28O6/c1-3-17(21)23-5-7-25-19-10-15-9-16(11-19)13-20(12-15,14-19)26-8-6-24-18(22)4-2/h3-4,15-16H,1-2,5-14H2. The second kappa shape index (κ2) is 7.92. The van der Waals surface area contributed by atoms with Crippen molar-refractivity contribution in [2.45, 2.75) is 49.7 Å². The van der Waals surface area contributed by atoms with Crippen LogP contribution in [-0.4, -0.2) is 49.6 Å². The van der Waals surface area contributed by atoms with Crippen molar-refractivity contribution < 1.29 is 28.5 Å². The molecular formula is C20H28O6. The quantitative estimate of drug-likeness (QED) is 0.337. The van der Waals surface area contributed by atoms with Crippen LogP contribution in [0.2, 0.25) is 0 Å². The summed E-state index contributed by atoms with van der Waals surface area (Å²) in [7, 11) is 0. The van der Waals surface area contributed by atoms with Gasteiger partial charge in [-0.1, -0.05) is 13.2 Å². The van der Waals surface area contributed by atoms with Gasteiger partial charge in [0.05, 0.1) is 24.4 Å². The maximum absolute atomic E-state index is 11.1. The molecule has 0 aromatic carbocycles. The highest BCUT2D eigenvalue weighted by molar-refractivity contribution is 5.81. The largest absolute Gasteiger partial charge is 0.460 e. The van der Waals surface area contributed by atoms with Gasteiger partial charge in [-0.15, -0.1) is 0 Å². The Morgan fingerprint density at radius 2 is 1.23 bits per heavy atom. The molecule has 4 saturated carbocycles. The van der Waals surface area contributed by atoms with Gasteiger partial charge in [-0.25, -0.2) is 9.59 Å². The van der Waals surface area contributed by atoms with E-state index in [2.05, 4.69) is 13.2 Å². The molecular weight excluding hydrogens is 336 g/mol. The molecule has 6 heteroatoms. The maximum Gasteiger partial charge on any atom is 0.330 e. The highest BCUT2D eigenvalue weighted by atomic mass is 16.6. The van der Waals surface area contributed by atoms with E-state index < -0.39 is 11.9 Å². The normalized spacial score (nSPS) is 34.3. The lowest BCUT2D eigenvalue weighted by Crippen LogP contribution is -2.61. The highest BCUT2D eigenvalue weighted by Crippen LogP contribution is 2.60. The van der Waals surface area contributed by atoms with E-state index in [0.29, 0.717) is 25.0 Å². The number of esters is 2. The number of rotatable bonds is 10. The second-order valence-electron chi connectivity index (χ2n) is 7.77. The minimum absolute atomic E-state index is 0.178. The van der Waals surface area contributed by atoms with Crippen molar-refractivity contribution >= 4 is 11.9 Å². The van der Waals surface area contributed by atoms with Crippen molar-refractivity contribution in [3.63, 3.8) is 0 Å². The number of ether oxygens (including phenoxy) is 4. The molecule has 4 fully saturated rings. The molecule has 4 bridgehead atoms. The Kier molecular flexibility index (Phi) is 5.82. The maximum atomic E-state index is 11.1. The molecule has 4 aliphatic carbocycles. The third kappa shape index (κ3) is 4.35. The van der Waals surface area contributed by atoms with Crippen LogP contribution in [0.25, 0.3) is 0 Å². The lowest BCUT2D eigenvalue weighted by Gasteiger charge is -2.61. The molecule has 0 spiro atoms. The first-order valence-corrected chi connectivity index (χ1v) is 9.34. The number of carbonyl (C=O) groups is 2. The fourth-order valence-corrected chi connectivity index (χ4v) is 5.35. The molecule has 0 radical (unpaired) electrons. The molecule has 0 N–H and O–H groups in total. The molecule has 0 heterocycles. The van der Waals surface area contributed by atoms with Gasteiger partial charge in [-0.3, -0.25) is 0 Å². The summed E-state index contributed by atoms with van der Waals surface area (Å²) in [5.41, 5.74) is -0.356. The van der Waals surface area contributed by atoms with Gasteiger partial charge in [0.25, 0.3) is 0 Å². The molecule has 0 saturated heterocycles. The third-order valence-corrected chi connectivity index (χ3v) is 5.76. The fraction of sp³-hybridized carbons (Fsp3) is 0.700. The van der Waals surface area contributed by atoms with Crippen LogP contribution in [0.5, 0.6) is 0 Å². The molecule has 0 aliphatic heterocycles. The monoisotopic (exact) mass is 364 g/mol. The molecule has 0 aromatic rings. The Morgan fingerprint density at radius 1 is 0.808 bits per heavy atom. The Hall–Kier alpha value is -1.66. The van der Waals surface area contributed by atoms with E-state index in [1.165, 1.54) is 6.42 Å². The summed E-state index contributed by atoms with van der Waals surface area (Å²) in [6.07, 6.45) is 8.63. The summed E-state index contributed by atoms with van der Waals surface area (Å²) in [5.74, 6) is 0.381. The van der Waals surface area contributed by atoms with Crippen molar-refractivity contribution in [3.8, 4) is 0 Å². The zero-order chi connectivity index (χ0) is 18.6. The molecule has 0 aromatic heterocycles. The van der Waals surface area contributed by atoms with Crippen LogP contribution < -0.4 is 0 Å². The summed E-state index contributed by atoms with van der Waals surface area (Å²) >= 11 is 0. The van der Waals surface area contributed by atoms with Crippen LogP contribution in [0.3, 0.4) is 0 Å². The van der Waals surface area contributed by atoms with Gasteiger partial charge < -0.3 is 18.9 Å². The van der Waals surface area contributed by atoms with Gasteiger partial charge in [0.1, 0.15) is 13.2 Å². The predicted octanol–water partition coefficient (Wildman–Crippen LogP) is 2.57. The van der Waals surface area contributed by atoms with Gasteiger partial charge >= 0.3 is 11.9 Å². The summed E-state index contributed by atoms with van der Waals surface area (Å²) in [4.78, 5) is 22.3. The summed E-state index contributed by atoms with van der Waals surface area (Å²) in [6, 6.07) is 0. The Bertz CT molecular complexity index is 509. The predicted molar refractivity (Wildman–Crippen MR) is 94.4 cm³/mol. The van der Waals surface area contributed by atoms with E-state index in [1.54, 1.807) is 0 Å². The molecule has 144 valence electrons. The van der Waals surface area contributed by atoms with Crippen LogP contribution in [-0.2, 0) is 28.5 Å². The van der Waals surface area contributed by atoms with Gasteiger partial charge in [0.15, 0.2) is 0 Å². The number of carbonyl (C=O) groups excluding carboxylic acids is 2. The minimum atomic E-state index is -0.423. The van der Waals surface area contributed by atoms with Gasteiger partial charge in [0.2, 0.25) is 0 Å². The molecule has 0 atom stereocenters. The van der Waals surface area contributed by atoms with Gasteiger partial charge in [-0.2, -0.15) is 0 Å². The van der Waals surface area contributed by atoms with Crippen LogP contribution in [0, 0.1) is 11.8 Å². The SMILES string of the molecule is C=CC(=O)OCCOC12CC3CC(C1)CC(OCCOC(=O)C=C)(C3)C2. The average molecular weight is 364 g/mol. The van der Waals surface area contributed by atoms with E-state index in [0.717, 1.165) is 44.3 Å². The molecule has 26 heavy (non-hydrogen) atoms. The summed E-state index contributed by atoms with van der Waals surface area (Å²) < 4.78 is 22.5. The van der Waals surface area contributed by atoms with Crippen molar-refractivity contribution in [1.82, 2.24) is 0 Å². The minimum Gasteiger partial charge on any atom is -0.460 e. The first kappa shape index (κ1) is 19.1. The summed E-state index contributed by atoms with van der Waals surface area (Å²) in [6.45, 7) is 8.05. The van der Waals surface area contributed by atoms with Crippen molar-refractivity contribution in [3.05, 3.63) is 25.3 Å². The van der Waals surface area contributed by atoms with E-state index in [-0.39, 0.29) is 24.4 Å². The van der Waals surface area contributed by atoms with Gasteiger partial charge in [0, 0.05) is 18.6 Å². The van der Waals surface area contributed by atoms with Gasteiger partial charge in [-0.05, 0) is 43.9 Å². The van der Waals surface area contributed by atoms with Crippen LogP contribution >= 0.6 is 0 Å². The highest BCUT2D eigenvalue weighted by Gasteiger charge is 2.59.